The average molecular weight is 235 g/mol. The van der Waals surface area contributed by atoms with Crippen LogP contribution in [0.15, 0.2) is 48.5 Å². The smallest absolute Gasteiger partial charge is 0.0142 e. The summed E-state index contributed by atoms with van der Waals surface area (Å²) in [5.41, 5.74) is 5.97. The van der Waals surface area contributed by atoms with E-state index in [0.29, 0.717) is 5.92 Å². The topological polar surface area (TPSA) is 12.0 Å². The maximum atomic E-state index is 3.51. The minimum Gasteiger partial charge on any atom is -0.316 e. The lowest BCUT2D eigenvalue weighted by atomic mass is 9.84. The molecule has 1 N–H and O–H groups in total. The molecule has 1 fully saturated rings. The minimum atomic E-state index is 0.604. The zero-order chi connectivity index (χ0) is 11.9. The molecule has 0 amide bonds. The largest absolute Gasteiger partial charge is 0.316 e. The van der Waals surface area contributed by atoms with Crippen molar-refractivity contribution in [2.75, 3.05) is 13.1 Å². The number of hydrogen-bond donors (Lipinski definition) is 1. The molecule has 18 heavy (non-hydrogen) atoms. The number of nitrogens with one attached hydrogen (secondary N) is 1. The summed E-state index contributed by atoms with van der Waals surface area (Å²) in [6, 6.07) is 17.9. The normalized spacial score (nSPS) is 21.9. The summed E-state index contributed by atoms with van der Waals surface area (Å²) < 4.78 is 0. The van der Waals surface area contributed by atoms with Crippen LogP contribution in [0.5, 0.6) is 0 Å². The lowest BCUT2D eigenvalue weighted by Crippen LogP contribution is -2.15. The van der Waals surface area contributed by atoms with Crippen LogP contribution < -0.4 is 5.32 Å². The van der Waals surface area contributed by atoms with Crippen molar-refractivity contribution in [3.8, 4) is 11.1 Å². The Morgan fingerprint density at radius 1 is 0.833 bits per heavy atom. The third kappa shape index (κ3) is 1.37. The van der Waals surface area contributed by atoms with Crippen molar-refractivity contribution < 1.29 is 0 Å². The third-order valence-corrected chi connectivity index (χ3v) is 4.45. The summed E-state index contributed by atoms with van der Waals surface area (Å²) in [6.07, 6.45) is 1.30. The quantitative estimate of drug-likeness (QED) is 0.798. The van der Waals surface area contributed by atoms with Gasteiger partial charge in [0.25, 0.3) is 0 Å². The monoisotopic (exact) mass is 235 g/mol. The van der Waals surface area contributed by atoms with Crippen molar-refractivity contribution in [3.63, 3.8) is 0 Å². The van der Waals surface area contributed by atoms with Gasteiger partial charge in [-0.2, -0.15) is 0 Å². The van der Waals surface area contributed by atoms with Gasteiger partial charge in [0.2, 0.25) is 0 Å². The highest BCUT2D eigenvalue weighted by molar-refractivity contribution is 5.78. The van der Waals surface area contributed by atoms with Crippen LogP contribution in [0.1, 0.15) is 23.5 Å². The van der Waals surface area contributed by atoms with Gasteiger partial charge in [-0.1, -0.05) is 48.5 Å². The highest BCUT2D eigenvalue weighted by Crippen LogP contribution is 2.49. The van der Waals surface area contributed by atoms with Crippen LogP contribution in [0, 0.1) is 5.92 Å². The fraction of sp³-hybridized carbons (Fsp3) is 0.294. The van der Waals surface area contributed by atoms with Gasteiger partial charge in [0, 0.05) is 5.92 Å². The number of fused-ring (bicyclic) bond motifs is 3. The first-order chi connectivity index (χ1) is 8.95. The maximum absolute atomic E-state index is 3.51. The van der Waals surface area contributed by atoms with E-state index in [9.17, 15) is 0 Å². The number of benzene rings is 2. The molecule has 4 rings (SSSR count). The van der Waals surface area contributed by atoms with Crippen LogP contribution in [0.3, 0.4) is 0 Å². The zero-order valence-electron chi connectivity index (χ0n) is 10.4. The van der Waals surface area contributed by atoms with E-state index in [2.05, 4.69) is 53.8 Å². The van der Waals surface area contributed by atoms with Crippen LogP contribution in [0.25, 0.3) is 11.1 Å². The molecule has 2 aromatic rings. The van der Waals surface area contributed by atoms with Crippen LogP contribution in [0.4, 0.5) is 0 Å². The molecule has 2 aliphatic rings. The van der Waals surface area contributed by atoms with Gasteiger partial charge in [0.1, 0.15) is 0 Å². The van der Waals surface area contributed by atoms with Crippen LogP contribution >= 0.6 is 0 Å². The van der Waals surface area contributed by atoms with E-state index in [4.69, 9.17) is 0 Å². The summed E-state index contributed by atoms with van der Waals surface area (Å²) in [4.78, 5) is 0. The molecule has 0 bridgehead atoms. The standard InChI is InChI=1S/C17H17N/c1-3-7-15-13(5-1)14-6-2-4-8-16(14)17(15)12-9-10-18-11-12/h1-8,12,17-18H,9-11H2/t12-/m1/s1. The van der Waals surface area contributed by atoms with Gasteiger partial charge in [-0.25, -0.2) is 0 Å². The summed E-state index contributed by atoms with van der Waals surface area (Å²) in [7, 11) is 0. The molecule has 90 valence electrons. The molecule has 0 saturated carbocycles. The molecule has 0 radical (unpaired) electrons. The molecular formula is C17H17N. The SMILES string of the molecule is c1ccc2c(c1)-c1ccccc1C2[C@@H]1CCNC1. The molecule has 2 aromatic carbocycles. The van der Waals surface area contributed by atoms with E-state index in [0.717, 1.165) is 12.5 Å². The molecule has 1 atom stereocenters. The maximum Gasteiger partial charge on any atom is 0.0142 e. The van der Waals surface area contributed by atoms with Crippen LogP contribution in [-0.4, -0.2) is 13.1 Å². The molecule has 1 heteroatoms. The van der Waals surface area contributed by atoms with E-state index in [1.54, 1.807) is 0 Å². The van der Waals surface area contributed by atoms with Gasteiger partial charge in [0.05, 0.1) is 0 Å². The molecule has 1 aliphatic heterocycles. The van der Waals surface area contributed by atoms with Crippen molar-refractivity contribution >= 4 is 0 Å². The number of rotatable bonds is 1. The van der Waals surface area contributed by atoms with Crippen molar-refractivity contribution in [1.82, 2.24) is 5.32 Å². The molecular weight excluding hydrogens is 218 g/mol. The summed E-state index contributed by atoms with van der Waals surface area (Å²) in [6.45, 7) is 2.33. The fourth-order valence-electron chi connectivity index (χ4n) is 3.66. The number of hydrogen-bond acceptors (Lipinski definition) is 1. The second-order valence-corrected chi connectivity index (χ2v) is 5.41. The van der Waals surface area contributed by atoms with E-state index < -0.39 is 0 Å². The molecule has 1 nitrogen and oxygen atoms in total. The lowest BCUT2D eigenvalue weighted by molar-refractivity contribution is 0.519. The molecule has 0 aromatic heterocycles. The summed E-state index contributed by atoms with van der Waals surface area (Å²) >= 11 is 0. The van der Waals surface area contributed by atoms with Crippen molar-refractivity contribution in [2.24, 2.45) is 5.92 Å². The van der Waals surface area contributed by atoms with E-state index >= 15 is 0 Å². The summed E-state index contributed by atoms with van der Waals surface area (Å²) in [5, 5.41) is 3.51. The third-order valence-electron chi connectivity index (χ3n) is 4.45. The molecule has 0 spiro atoms. The first-order valence-corrected chi connectivity index (χ1v) is 6.84. The Morgan fingerprint density at radius 3 is 2.00 bits per heavy atom. The first-order valence-electron chi connectivity index (χ1n) is 6.84. The van der Waals surface area contributed by atoms with Gasteiger partial charge < -0.3 is 5.32 Å². The Balaban J connectivity index is 1.92. The van der Waals surface area contributed by atoms with Crippen molar-refractivity contribution in [3.05, 3.63) is 59.7 Å². The van der Waals surface area contributed by atoms with Crippen molar-refractivity contribution in [2.45, 2.75) is 12.3 Å². The first kappa shape index (κ1) is 10.3. The van der Waals surface area contributed by atoms with Gasteiger partial charge in [-0.05, 0) is 47.7 Å². The molecule has 0 unspecified atom stereocenters. The molecule has 1 saturated heterocycles. The Bertz CT molecular complexity index is 536. The highest BCUT2D eigenvalue weighted by atomic mass is 14.9. The van der Waals surface area contributed by atoms with Crippen LogP contribution in [0.2, 0.25) is 0 Å². The van der Waals surface area contributed by atoms with E-state index in [1.165, 1.54) is 35.2 Å². The Morgan fingerprint density at radius 2 is 1.44 bits per heavy atom. The predicted molar refractivity (Wildman–Crippen MR) is 74.7 cm³/mol. The fourth-order valence-corrected chi connectivity index (χ4v) is 3.66. The Kier molecular flexibility index (Phi) is 2.27. The Labute approximate surface area is 108 Å². The van der Waals surface area contributed by atoms with Gasteiger partial charge >= 0.3 is 0 Å². The van der Waals surface area contributed by atoms with Crippen LogP contribution in [-0.2, 0) is 0 Å². The molecule has 1 heterocycles. The van der Waals surface area contributed by atoms with Crippen molar-refractivity contribution in [1.29, 1.82) is 0 Å². The second-order valence-electron chi connectivity index (χ2n) is 5.41. The van der Waals surface area contributed by atoms with E-state index in [1.807, 2.05) is 0 Å². The molecule has 1 aliphatic carbocycles. The van der Waals surface area contributed by atoms with E-state index in [-0.39, 0.29) is 0 Å². The zero-order valence-corrected chi connectivity index (χ0v) is 10.4. The predicted octanol–water partition coefficient (Wildman–Crippen LogP) is 3.41. The average Bonchev–Trinajstić information content (AvgIpc) is 3.03. The summed E-state index contributed by atoms with van der Waals surface area (Å²) in [5.74, 6) is 1.36. The highest BCUT2D eigenvalue weighted by Gasteiger charge is 2.34. The minimum absolute atomic E-state index is 0.604. The van der Waals surface area contributed by atoms with Gasteiger partial charge in [-0.3, -0.25) is 0 Å². The van der Waals surface area contributed by atoms with Gasteiger partial charge in [-0.15, -0.1) is 0 Å². The Hall–Kier alpha value is -1.60. The second kappa shape index (κ2) is 3.96. The lowest BCUT2D eigenvalue weighted by Gasteiger charge is -2.20. The van der Waals surface area contributed by atoms with Gasteiger partial charge in [0.15, 0.2) is 0 Å².